The molecular formula is C15H28N2. The molecule has 0 aromatic rings. The third-order valence-electron chi connectivity index (χ3n) is 5.19. The van der Waals surface area contributed by atoms with Gasteiger partial charge in [-0.05, 0) is 44.7 Å². The fraction of sp³-hybridized carbons (Fsp3) is 1.00. The van der Waals surface area contributed by atoms with E-state index in [1.165, 1.54) is 77.4 Å². The van der Waals surface area contributed by atoms with E-state index in [0.717, 1.165) is 18.0 Å². The van der Waals surface area contributed by atoms with Crippen LogP contribution in [0.3, 0.4) is 0 Å². The van der Waals surface area contributed by atoms with Crippen molar-refractivity contribution in [3.63, 3.8) is 0 Å². The lowest BCUT2D eigenvalue weighted by Crippen LogP contribution is -2.36. The minimum atomic E-state index is 0.814. The number of rotatable bonds is 3. The van der Waals surface area contributed by atoms with Gasteiger partial charge in [0.25, 0.3) is 0 Å². The molecule has 2 unspecified atom stereocenters. The zero-order valence-electron chi connectivity index (χ0n) is 11.2. The number of likely N-dealkylation sites (tertiary alicyclic amines) is 1. The molecule has 2 heterocycles. The number of nitrogens with one attached hydrogen (secondary N) is 1. The average Bonchev–Trinajstić information content (AvgIpc) is 2.70. The van der Waals surface area contributed by atoms with Gasteiger partial charge in [0, 0.05) is 18.6 Å². The summed E-state index contributed by atoms with van der Waals surface area (Å²) < 4.78 is 0. The maximum absolute atomic E-state index is 3.78. The third-order valence-corrected chi connectivity index (χ3v) is 5.19. The standard InChI is InChI=1S/C15H28N2/c1-2-4-13(5-3-1)8-10-17-11-9-14-6-7-15(12-17)16-14/h13-16H,1-12H2. The summed E-state index contributed by atoms with van der Waals surface area (Å²) in [6.07, 6.45) is 13.2. The number of nitrogens with zero attached hydrogens (tertiary/aromatic N) is 1. The summed E-state index contributed by atoms with van der Waals surface area (Å²) in [6, 6.07) is 1.66. The minimum Gasteiger partial charge on any atom is -0.310 e. The minimum absolute atomic E-state index is 0.814. The molecule has 0 aromatic carbocycles. The Hall–Kier alpha value is -0.0800. The van der Waals surface area contributed by atoms with Crippen molar-refractivity contribution >= 4 is 0 Å². The SMILES string of the molecule is C1CCC(CCN2CCC3CCC(C2)N3)CC1. The van der Waals surface area contributed by atoms with Crippen LogP contribution in [0.5, 0.6) is 0 Å². The zero-order chi connectivity index (χ0) is 11.5. The van der Waals surface area contributed by atoms with Crippen LogP contribution in [0, 0.1) is 5.92 Å². The Morgan fingerprint density at radius 2 is 1.71 bits per heavy atom. The largest absolute Gasteiger partial charge is 0.310 e. The summed E-state index contributed by atoms with van der Waals surface area (Å²) in [7, 11) is 0. The van der Waals surface area contributed by atoms with Crippen molar-refractivity contribution in [2.45, 2.75) is 69.9 Å². The van der Waals surface area contributed by atoms with Gasteiger partial charge in [-0.15, -0.1) is 0 Å². The Labute approximate surface area is 106 Å². The quantitative estimate of drug-likeness (QED) is 0.810. The van der Waals surface area contributed by atoms with Crippen molar-refractivity contribution in [3.05, 3.63) is 0 Å². The van der Waals surface area contributed by atoms with E-state index in [4.69, 9.17) is 0 Å². The summed E-state index contributed by atoms with van der Waals surface area (Å²) in [5.74, 6) is 1.05. The summed E-state index contributed by atoms with van der Waals surface area (Å²) in [5, 5.41) is 3.78. The van der Waals surface area contributed by atoms with Crippen molar-refractivity contribution < 1.29 is 0 Å². The molecule has 3 rings (SSSR count). The smallest absolute Gasteiger partial charge is 0.0198 e. The maximum Gasteiger partial charge on any atom is 0.0198 e. The van der Waals surface area contributed by atoms with Crippen LogP contribution in [-0.2, 0) is 0 Å². The lowest BCUT2D eigenvalue weighted by Gasteiger charge is -2.27. The highest BCUT2D eigenvalue weighted by molar-refractivity contribution is 4.89. The van der Waals surface area contributed by atoms with Crippen LogP contribution in [0.2, 0.25) is 0 Å². The fourth-order valence-electron chi connectivity index (χ4n) is 4.06. The molecule has 2 bridgehead atoms. The number of fused-ring (bicyclic) bond motifs is 2. The topological polar surface area (TPSA) is 15.3 Å². The van der Waals surface area contributed by atoms with Crippen LogP contribution in [0.4, 0.5) is 0 Å². The first kappa shape index (κ1) is 12.0. The Bertz CT molecular complexity index is 235. The second kappa shape index (κ2) is 5.71. The van der Waals surface area contributed by atoms with E-state index < -0.39 is 0 Å². The Balaban J connectivity index is 1.42. The van der Waals surface area contributed by atoms with E-state index in [9.17, 15) is 0 Å². The molecule has 2 atom stereocenters. The molecule has 1 aliphatic carbocycles. The van der Waals surface area contributed by atoms with Crippen LogP contribution >= 0.6 is 0 Å². The Kier molecular flexibility index (Phi) is 4.02. The van der Waals surface area contributed by atoms with Crippen molar-refractivity contribution in [2.75, 3.05) is 19.6 Å². The van der Waals surface area contributed by atoms with Gasteiger partial charge in [0.15, 0.2) is 0 Å². The van der Waals surface area contributed by atoms with E-state index in [2.05, 4.69) is 10.2 Å². The second-order valence-corrected chi connectivity index (χ2v) is 6.52. The first-order valence-corrected chi connectivity index (χ1v) is 7.88. The molecule has 98 valence electrons. The summed E-state index contributed by atoms with van der Waals surface area (Å²) in [4.78, 5) is 2.74. The van der Waals surface area contributed by atoms with E-state index in [0.29, 0.717) is 0 Å². The van der Waals surface area contributed by atoms with Crippen LogP contribution in [0.15, 0.2) is 0 Å². The van der Waals surface area contributed by atoms with Crippen LogP contribution in [0.1, 0.15) is 57.8 Å². The van der Waals surface area contributed by atoms with Gasteiger partial charge in [-0.2, -0.15) is 0 Å². The predicted molar refractivity (Wildman–Crippen MR) is 72.2 cm³/mol. The van der Waals surface area contributed by atoms with Gasteiger partial charge in [-0.25, -0.2) is 0 Å². The predicted octanol–water partition coefficient (Wildman–Crippen LogP) is 2.78. The molecule has 2 aliphatic heterocycles. The van der Waals surface area contributed by atoms with Crippen LogP contribution < -0.4 is 5.32 Å². The highest BCUT2D eigenvalue weighted by atomic mass is 15.2. The maximum atomic E-state index is 3.78. The first-order chi connectivity index (χ1) is 8.40. The fourth-order valence-corrected chi connectivity index (χ4v) is 4.06. The van der Waals surface area contributed by atoms with Crippen LogP contribution in [-0.4, -0.2) is 36.6 Å². The van der Waals surface area contributed by atoms with Gasteiger partial charge in [0.2, 0.25) is 0 Å². The van der Waals surface area contributed by atoms with Gasteiger partial charge in [0.1, 0.15) is 0 Å². The molecule has 3 aliphatic rings. The molecule has 0 amide bonds. The molecule has 0 radical (unpaired) electrons. The highest BCUT2D eigenvalue weighted by Gasteiger charge is 2.29. The molecule has 0 aromatic heterocycles. The highest BCUT2D eigenvalue weighted by Crippen LogP contribution is 2.27. The van der Waals surface area contributed by atoms with Gasteiger partial charge < -0.3 is 10.2 Å². The van der Waals surface area contributed by atoms with E-state index >= 15 is 0 Å². The van der Waals surface area contributed by atoms with Crippen LogP contribution in [0.25, 0.3) is 0 Å². The molecule has 1 saturated carbocycles. The van der Waals surface area contributed by atoms with Crippen molar-refractivity contribution in [1.29, 1.82) is 0 Å². The van der Waals surface area contributed by atoms with Gasteiger partial charge in [-0.3, -0.25) is 0 Å². The van der Waals surface area contributed by atoms with E-state index in [-0.39, 0.29) is 0 Å². The first-order valence-electron chi connectivity index (χ1n) is 7.88. The third kappa shape index (κ3) is 3.23. The Morgan fingerprint density at radius 3 is 2.59 bits per heavy atom. The summed E-state index contributed by atoms with van der Waals surface area (Å²) in [6.45, 7) is 4.04. The number of hydrogen-bond donors (Lipinski definition) is 1. The zero-order valence-corrected chi connectivity index (χ0v) is 11.2. The summed E-state index contributed by atoms with van der Waals surface area (Å²) in [5.41, 5.74) is 0. The monoisotopic (exact) mass is 236 g/mol. The normalized spacial score (nSPS) is 36.0. The van der Waals surface area contributed by atoms with Gasteiger partial charge in [-0.1, -0.05) is 32.1 Å². The summed E-state index contributed by atoms with van der Waals surface area (Å²) >= 11 is 0. The van der Waals surface area contributed by atoms with Gasteiger partial charge in [0.05, 0.1) is 0 Å². The molecule has 1 N–H and O–H groups in total. The molecule has 0 spiro atoms. The van der Waals surface area contributed by atoms with Crippen molar-refractivity contribution in [1.82, 2.24) is 10.2 Å². The van der Waals surface area contributed by atoms with Crippen molar-refractivity contribution in [3.8, 4) is 0 Å². The Morgan fingerprint density at radius 1 is 0.882 bits per heavy atom. The number of hydrogen-bond acceptors (Lipinski definition) is 2. The molecular weight excluding hydrogens is 208 g/mol. The molecule has 2 saturated heterocycles. The van der Waals surface area contributed by atoms with Gasteiger partial charge >= 0.3 is 0 Å². The lowest BCUT2D eigenvalue weighted by molar-refractivity contribution is 0.222. The average molecular weight is 236 g/mol. The molecule has 2 heteroatoms. The van der Waals surface area contributed by atoms with Crippen molar-refractivity contribution in [2.24, 2.45) is 5.92 Å². The van der Waals surface area contributed by atoms with E-state index in [1.54, 1.807) is 0 Å². The molecule has 2 nitrogen and oxygen atoms in total. The second-order valence-electron chi connectivity index (χ2n) is 6.52. The lowest BCUT2D eigenvalue weighted by atomic mass is 9.87. The molecule has 17 heavy (non-hydrogen) atoms. The molecule has 3 fully saturated rings. The van der Waals surface area contributed by atoms with E-state index in [1.807, 2.05) is 0 Å².